The van der Waals surface area contributed by atoms with Crippen molar-refractivity contribution in [3.63, 3.8) is 0 Å². The van der Waals surface area contributed by atoms with Crippen LogP contribution >= 0.6 is 0 Å². The molecule has 0 bridgehead atoms. The molecule has 60 heavy (non-hydrogen) atoms. The van der Waals surface area contributed by atoms with Crippen LogP contribution in [0.2, 0.25) is 0 Å². The maximum atomic E-state index is 5.37. The Bertz CT molecular complexity index is 3500. The quantitative estimate of drug-likeness (QED) is 0.179. The zero-order valence-corrected chi connectivity index (χ0v) is 32.4. The van der Waals surface area contributed by atoms with Gasteiger partial charge in [-0.1, -0.05) is 188 Å². The molecule has 11 aromatic rings. The number of hydrogen-bond acceptors (Lipinski definition) is 3. The summed E-state index contributed by atoms with van der Waals surface area (Å²) in [6.07, 6.45) is 0. The summed E-state index contributed by atoms with van der Waals surface area (Å²) >= 11 is 0. The van der Waals surface area contributed by atoms with Crippen molar-refractivity contribution in [1.82, 2.24) is 19.5 Å². The van der Waals surface area contributed by atoms with E-state index < -0.39 is 5.41 Å². The van der Waals surface area contributed by atoms with E-state index in [2.05, 4.69) is 193 Å². The summed E-state index contributed by atoms with van der Waals surface area (Å²) in [6.45, 7) is 0. The van der Waals surface area contributed by atoms with Crippen LogP contribution in [0.4, 0.5) is 0 Å². The van der Waals surface area contributed by atoms with Crippen LogP contribution in [0.3, 0.4) is 0 Å². The molecule has 3 heterocycles. The summed E-state index contributed by atoms with van der Waals surface area (Å²) in [7, 11) is 0. The molecule has 1 spiro atoms. The van der Waals surface area contributed by atoms with E-state index in [1.807, 2.05) is 18.2 Å². The number of fused-ring (bicyclic) bond motifs is 13. The molecule has 1 aliphatic carbocycles. The number of para-hydroxylation sites is 2. The second kappa shape index (κ2) is 12.5. The average molecular weight is 763 g/mol. The highest BCUT2D eigenvalue weighted by molar-refractivity contribution is 6.13. The monoisotopic (exact) mass is 762 g/mol. The van der Waals surface area contributed by atoms with Gasteiger partial charge in [-0.05, 0) is 73.5 Å². The molecule has 13 rings (SSSR count). The molecule has 2 aliphatic rings. The molecule has 0 saturated heterocycles. The Hall–Kier alpha value is -7.95. The summed E-state index contributed by atoms with van der Waals surface area (Å²) in [4.78, 5) is 15.9. The van der Waals surface area contributed by atoms with Crippen molar-refractivity contribution < 1.29 is 0 Å². The molecule has 4 heteroatoms. The predicted molar refractivity (Wildman–Crippen MR) is 244 cm³/mol. The van der Waals surface area contributed by atoms with Crippen LogP contribution in [0.25, 0.3) is 94.7 Å². The molecular weight excluding hydrogens is 729 g/mol. The molecule has 4 nitrogen and oxygen atoms in total. The van der Waals surface area contributed by atoms with Gasteiger partial charge in [0, 0.05) is 27.5 Å². The summed E-state index contributed by atoms with van der Waals surface area (Å²) in [5, 5.41) is 4.74. The van der Waals surface area contributed by atoms with E-state index in [9.17, 15) is 0 Å². The van der Waals surface area contributed by atoms with E-state index in [0.717, 1.165) is 33.2 Å². The van der Waals surface area contributed by atoms with Crippen LogP contribution in [0, 0.1) is 0 Å². The highest BCUT2D eigenvalue weighted by atomic mass is 15.0. The topological polar surface area (TPSA) is 43.6 Å². The fraction of sp³-hybridized carbons (Fsp3) is 0.0179. The van der Waals surface area contributed by atoms with Gasteiger partial charge in [0.2, 0.25) is 0 Å². The first-order valence-electron chi connectivity index (χ1n) is 20.5. The maximum absolute atomic E-state index is 5.37. The molecular formula is C56H34N4. The molecule has 1 aliphatic heterocycles. The zero-order valence-electron chi connectivity index (χ0n) is 32.4. The Balaban J connectivity index is 1.10. The summed E-state index contributed by atoms with van der Waals surface area (Å²) in [5.41, 5.74) is 15.9. The van der Waals surface area contributed by atoms with Crippen LogP contribution in [0.5, 0.6) is 0 Å². The molecule has 278 valence electrons. The van der Waals surface area contributed by atoms with Gasteiger partial charge in [-0.3, -0.25) is 0 Å². The van der Waals surface area contributed by atoms with Gasteiger partial charge in [0.25, 0.3) is 0 Å². The smallest absolute Gasteiger partial charge is 0.164 e. The second-order valence-corrected chi connectivity index (χ2v) is 15.9. The van der Waals surface area contributed by atoms with Gasteiger partial charge in [0.15, 0.2) is 17.5 Å². The molecule has 9 aromatic carbocycles. The molecule has 0 N–H and O–H groups in total. The van der Waals surface area contributed by atoms with Crippen molar-refractivity contribution >= 4 is 32.6 Å². The number of rotatable bonds is 4. The highest BCUT2D eigenvalue weighted by Crippen LogP contribution is 2.61. The lowest BCUT2D eigenvalue weighted by Gasteiger charge is -2.39. The Morgan fingerprint density at radius 2 is 0.850 bits per heavy atom. The first-order chi connectivity index (χ1) is 29.8. The van der Waals surface area contributed by atoms with Crippen molar-refractivity contribution in [2.45, 2.75) is 5.41 Å². The van der Waals surface area contributed by atoms with Gasteiger partial charge in [-0.2, -0.15) is 0 Å². The van der Waals surface area contributed by atoms with E-state index in [4.69, 9.17) is 15.0 Å². The van der Waals surface area contributed by atoms with Gasteiger partial charge in [0.05, 0.1) is 22.1 Å². The molecule has 0 radical (unpaired) electrons. The normalized spacial score (nSPS) is 13.1. The fourth-order valence-corrected chi connectivity index (χ4v) is 10.4. The third kappa shape index (κ3) is 4.47. The summed E-state index contributed by atoms with van der Waals surface area (Å²) in [5.74, 6) is 1.91. The second-order valence-electron chi connectivity index (χ2n) is 15.9. The zero-order chi connectivity index (χ0) is 39.4. The van der Waals surface area contributed by atoms with Crippen LogP contribution in [-0.2, 0) is 5.41 Å². The van der Waals surface area contributed by atoms with E-state index in [-0.39, 0.29) is 0 Å². The fourth-order valence-electron chi connectivity index (χ4n) is 10.4. The van der Waals surface area contributed by atoms with Crippen LogP contribution in [0.15, 0.2) is 206 Å². The molecule has 0 fully saturated rings. The van der Waals surface area contributed by atoms with Crippen LogP contribution in [-0.4, -0.2) is 19.5 Å². The standard InChI is InChI=1S/C56H34N4/c1-3-16-35(17-4-1)38-31-32-45(40-21-8-7-20-39(38)40)55-58-53(36-18-5-2-6-19-36)57-54(59-55)37-30-33-48-51(34-37)60-50-29-14-11-24-43(50)44-25-15-28-49(52(44)60)56(48)46-26-12-9-22-41(46)42-23-10-13-27-47(42)56/h1-34H. The van der Waals surface area contributed by atoms with Crippen molar-refractivity contribution in [2.24, 2.45) is 0 Å². The van der Waals surface area contributed by atoms with Gasteiger partial charge in [0.1, 0.15) is 0 Å². The van der Waals surface area contributed by atoms with Crippen LogP contribution < -0.4 is 0 Å². The highest BCUT2D eigenvalue weighted by Gasteiger charge is 2.50. The first kappa shape index (κ1) is 33.1. The number of benzene rings is 9. The molecule has 0 unspecified atom stereocenters. The molecule has 0 amide bonds. The number of hydrogen-bond donors (Lipinski definition) is 0. The number of nitrogens with zero attached hydrogens (tertiary/aromatic N) is 4. The maximum Gasteiger partial charge on any atom is 0.164 e. The average Bonchev–Trinajstić information content (AvgIpc) is 3.82. The van der Waals surface area contributed by atoms with Crippen molar-refractivity contribution in [2.75, 3.05) is 0 Å². The SMILES string of the molecule is c1ccc(-c2nc(-c3ccc4c(c3)-n3c5ccccc5c5cccc(c53)C43c4ccccc4-c4ccccc43)nc(-c3ccc(-c4ccccc4)c4ccccc34)n2)cc1. The summed E-state index contributed by atoms with van der Waals surface area (Å²) < 4.78 is 2.49. The van der Waals surface area contributed by atoms with Crippen LogP contribution in [0.1, 0.15) is 22.3 Å². The van der Waals surface area contributed by atoms with Crippen molar-refractivity contribution in [3.05, 3.63) is 229 Å². The predicted octanol–water partition coefficient (Wildman–Crippen LogP) is 13.5. The lowest BCUT2D eigenvalue weighted by molar-refractivity contribution is 0.748. The Morgan fingerprint density at radius 1 is 0.317 bits per heavy atom. The van der Waals surface area contributed by atoms with E-state index in [0.29, 0.717) is 17.5 Å². The number of aromatic nitrogens is 4. The minimum atomic E-state index is -0.524. The van der Waals surface area contributed by atoms with E-state index >= 15 is 0 Å². The minimum absolute atomic E-state index is 0.524. The first-order valence-corrected chi connectivity index (χ1v) is 20.5. The van der Waals surface area contributed by atoms with Crippen molar-refractivity contribution in [3.8, 4) is 62.1 Å². The Morgan fingerprint density at radius 3 is 1.58 bits per heavy atom. The van der Waals surface area contributed by atoms with E-state index in [1.54, 1.807) is 0 Å². The molecule has 0 atom stereocenters. The molecule has 2 aromatic heterocycles. The lowest BCUT2D eigenvalue weighted by Crippen LogP contribution is -2.33. The van der Waals surface area contributed by atoms with E-state index in [1.165, 1.54) is 66.3 Å². The van der Waals surface area contributed by atoms with Gasteiger partial charge < -0.3 is 4.57 Å². The largest absolute Gasteiger partial charge is 0.309 e. The summed E-state index contributed by atoms with van der Waals surface area (Å²) in [6, 6.07) is 74.3. The Kier molecular flexibility index (Phi) is 6.90. The third-order valence-corrected chi connectivity index (χ3v) is 12.9. The van der Waals surface area contributed by atoms with Gasteiger partial charge in [-0.15, -0.1) is 0 Å². The third-order valence-electron chi connectivity index (χ3n) is 12.9. The Labute approximate surface area is 346 Å². The van der Waals surface area contributed by atoms with Crippen molar-refractivity contribution in [1.29, 1.82) is 0 Å². The molecule has 0 saturated carbocycles. The lowest BCUT2D eigenvalue weighted by atomic mass is 9.65. The van der Waals surface area contributed by atoms with Gasteiger partial charge >= 0.3 is 0 Å². The minimum Gasteiger partial charge on any atom is -0.309 e. The van der Waals surface area contributed by atoms with Gasteiger partial charge in [-0.25, -0.2) is 15.0 Å².